The van der Waals surface area contributed by atoms with Crippen molar-refractivity contribution in [3.63, 3.8) is 0 Å². The average Bonchev–Trinajstić information content (AvgIpc) is 3.02. The fraction of sp³-hybridized carbons (Fsp3) is 0.619. The molecule has 2 saturated heterocycles. The molecule has 0 N–H and O–H groups in total. The average molecular weight is 390 g/mol. The highest BCUT2D eigenvalue weighted by atomic mass is 32.2. The van der Waals surface area contributed by atoms with Gasteiger partial charge in [0.15, 0.2) is 0 Å². The molecule has 2 amide bonds. The molecule has 1 aromatic carbocycles. The fourth-order valence-corrected chi connectivity index (χ4v) is 5.41. The van der Waals surface area contributed by atoms with Crippen LogP contribution in [0.3, 0.4) is 0 Å². The molecule has 0 radical (unpaired) electrons. The number of carbonyl (C=O) groups excluding carboxylic acids is 2. The molecule has 0 spiro atoms. The van der Waals surface area contributed by atoms with Gasteiger partial charge in [-0.1, -0.05) is 38.1 Å². The van der Waals surface area contributed by atoms with Crippen LogP contribution in [0.15, 0.2) is 24.3 Å². The molecule has 2 atom stereocenters. The molecule has 0 aromatic heterocycles. The lowest BCUT2D eigenvalue weighted by Gasteiger charge is -2.36. The van der Waals surface area contributed by atoms with E-state index in [0.717, 1.165) is 45.7 Å². The van der Waals surface area contributed by atoms with Crippen LogP contribution in [0.1, 0.15) is 43.2 Å². The Morgan fingerprint density at radius 1 is 1.11 bits per heavy atom. The molecular weight excluding hydrogens is 358 g/mol. The van der Waals surface area contributed by atoms with Crippen LogP contribution in [-0.4, -0.2) is 71.0 Å². The Bertz CT molecular complexity index is 673. The predicted molar refractivity (Wildman–Crippen MR) is 111 cm³/mol. The molecule has 27 heavy (non-hydrogen) atoms. The van der Waals surface area contributed by atoms with E-state index in [4.69, 9.17) is 0 Å². The standard InChI is InChI=1S/C21H31N3O2S/c1-4-18-20(26)24(21(27-18)17-9-7-6-8-16(17)3)15-12-22-10-13-23(14-11-22)19(25)5-2/h6-9,18,21H,4-5,10-15H2,1-3H3/t18-,21+/m1/s1. The first-order valence-corrected chi connectivity index (χ1v) is 11.0. The number of hydrogen-bond donors (Lipinski definition) is 0. The van der Waals surface area contributed by atoms with E-state index < -0.39 is 0 Å². The molecule has 0 unspecified atom stereocenters. The van der Waals surface area contributed by atoms with Gasteiger partial charge in [-0.2, -0.15) is 0 Å². The largest absolute Gasteiger partial charge is 0.340 e. The first-order chi connectivity index (χ1) is 13.0. The van der Waals surface area contributed by atoms with Gasteiger partial charge in [0.1, 0.15) is 5.37 Å². The molecule has 2 fully saturated rings. The third-order valence-electron chi connectivity index (χ3n) is 5.64. The van der Waals surface area contributed by atoms with Crippen molar-refractivity contribution in [2.24, 2.45) is 0 Å². The maximum atomic E-state index is 12.9. The Labute approximate surface area is 167 Å². The third-order valence-corrected chi connectivity index (χ3v) is 7.27. The predicted octanol–water partition coefficient (Wildman–Crippen LogP) is 2.90. The molecule has 1 aromatic rings. The number of carbonyl (C=O) groups is 2. The van der Waals surface area contributed by atoms with Crippen LogP contribution in [0.4, 0.5) is 0 Å². The summed E-state index contributed by atoms with van der Waals surface area (Å²) in [6.07, 6.45) is 1.45. The summed E-state index contributed by atoms with van der Waals surface area (Å²) in [7, 11) is 0. The van der Waals surface area contributed by atoms with Crippen LogP contribution in [-0.2, 0) is 9.59 Å². The van der Waals surface area contributed by atoms with Gasteiger partial charge in [-0.3, -0.25) is 14.5 Å². The molecule has 6 heteroatoms. The summed E-state index contributed by atoms with van der Waals surface area (Å²) < 4.78 is 0. The van der Waals surface area contributed by atoms with Gasteiger partial charge >= 0.3 is 0 Å². The molecular formula is C21H31N3O2S. The minimum atomic E-state index is 0.0635. The topological polar surface area (TPSA) is 43.9 Å². The van der Waals surface area contributed by atoms with E-state index in [0.29, 0.717) is 6.42 Å². The molecule has 2 aliphatic rings. The Morgan fingerprint density at radius 2 is 1.81 bits per heavy atom. The van der Waals surface area contributed by atoms with E-state index in [1.54, 1.807) is 11.8 Å². The zero-order valence-corrected chi connectivity index (χ0v) is 17.5. The van der Waals surface area contributed by atoms with Crippen LogP contribution in [0.25, 0.3) is 0 Å². The zero-order chi connectivity index (χ0) is 19.4. The second kappa shape index (κ2) is 9.11. The number of hydrogen-bond acceptors (Lipinski definition) is 4. The van der Waals surface area contributed by atoms with Crippen LogP contribution in [0.5, 0.6) is 0 Å². The van der Waals surface area contributed by atoms with Crippen molar-refractivity contribution in [3.8, 4) is 0 Å². The van der Waals surface area contributed by atoms with Gasteiger partial charge in [-0.25, -0.2) is 0 Å². The van der Waals surface area contributed by atoms with E-state index in [1.807, 2.05) is 11.8 Å². The molecule has 0 saturated carbocycles. The van der Waals surface area contributed by atoms with E-state index in [2.05, 4.69) is 47.9 Å². The highest BCUT2D eigenvalue weighted by Gasteiger charge is 2.40. The molecule has 5 nitrogen and oxygen atoms in total. The van der Waals surface area contributed by atoms with Crippen molar-refractivity contribution in [2.45, 2.75) is 44.2 Å². The van der Waals surface area contributed by atoms with Gasteiger partial charge in [0.05, 0.1) is 5.25 Å². The second-order valence-electron chi connectivity index (χ2n) is 7.35. The number of rotatable bonds is 6. The zero-order valence-electron chi connectivity index (χ0n) is 16.7. The summed E-state index contributed by atoms with van der Waals surface area (Å²) in [5.41, 5.74) is 2.50. The lowest BCUT2D eigenvalue weighted by molar-refractivity contribution is -0.132. The number of aryl methyl sites for hydroxylation is 1. The lowest BCUT2D eigenvalue weighted by Crippen LogP contribution is -2.50. The van der Waals surface area contributed by atoms with Gasteiger partial charge in [0.25, 0.3) is 0 Å². The smallest absolute Gasteiger partial charge is 0.236 e. The Morgan fingerprint density at radius 3 is 2.44 bits per heavy atom. The fourth-order valence-electron chi connectivity index (χ4n) is 3.88. The minimum Gasteiger partial charge on any atom is -0.340 e. The third kappa shape index (κ3) is 4.49. The summed E-state index contributed by atoms with van der Waals surface area (Å²) in [5.74, 6) is 0.515. The van der Waals surface area contributed by atoms with E-state index in [1.165, 1.54) is 11.1 Å². The van der Waals surface area contributed by atoms with Crippen molar-refractivity contribution in [2.75, 3.05) is 39.3 Å². The molecule has 0 bridgehead atoms. The highest BCUT2D eigenvalue weighted by molar-refractivity contribution is 8.01. The van der Waals surface area contributed by atoms with Crippen LogP contribution < -0.4 is 0 Å². The Hall–Kier alpha value is -1.53. The van der Waals surface area contributed by atoms with Crippen LogP contribution in [0.2, 0.25) is 0 Å². The number of piperazine rings is 1. The first kappa shape index (κ1) is 20.2. The number of amides is 2. The molecule has 0 aliphatic carbocycles. The summed E-state index contributed by atoms with van der Waals surface area (Å²) in [5, 5.41) is 0.181. The monoisotopic (exact) mass is 389 g/mol. The van der Waals surface area contributed by atoms with Crippen molar-refractivity contribution < 1.29 is 9.59 Å². The molecule has 2 heterocycles. The lowest BCUT2D eigenvalue weighted by atomic mass is 10.1. The van der Waals surface area contributed by atoms with Gasteiger partial charge in [-0.05, 0) is 24.5 Å². The van der Waals surface area contributed by atoms with Gasteiger partial charge in [0.2, 0.25) is 11.8 Å². The van der Waals surface area contributed by atoms with Crippen molar-refractivity contribution in [1.29, 1.82) is 0 Å². The highest BCUT2D eigenvalue weighted by Crippen LogP contribution is 2.44. The summed E-state index contributed by atoms with van der Waals surface area (Å²) in [4.78, 5) is 31.2. The molecule has 2 aliphatic heterocycles. The first-order valence-electron chi connectivity index (χ1n) is 10.1. The van der Waals surface area contributed by atoms with Crippen molar-refractivity contribution >= 4 is 23.6 Å². The van der Waals surface area contributed by atoms with Crippen LogP contribution >= 0.6 is 11.8 Å². The maximum Gasteiger partial charge on any atom is 0.236 e. The Kier molecular flexibility index (Phi) is 6.82. The van der Waals surface area contributed by atoms with Gasteiger partial charge < -0.3 is 9.80 Å². The normalized spacial score (nSPS) is 23.9. The van der Waals surface area contributed by atoms with Crippen molar-refractivity contribution in [3.05, 3.63) is 35.4 Å². The van der Waals surface area contributed by atoms with E-state index in [-0.39, 0.29) is 22.4 Å². The van der Waals surface area contributed by atoms with Gasteiger partial charge in [0, 0.05) is 45.7 Å². The van der Waals surface area contributed by atoms with E-state index in [9.17, 15) is 9.59 Å². The molecule has 148 valence electrons. The van der Waals surface area contributed by atoms with Crippen LogP contribution in [0, 0.1) is 6.92 Å². The Balaban J connectivity index is 1.63. The number of benzene rings is 1. The van der Waals surface area contributed by atoms with Gasteiger partial charge in [-0.15, -0.1) is 11.8 Å². The molecule has 3 rings (SSSR count). The quantitative estimate of drug-likeness (QED) is 0.750. The maximum absolute atomic E-state index is 12.9. The number of nitrogens with zero attached hydrogens (tertiary/aromatic N) is 3. The number of thioether (sulfide) groups is 1. The summed E-state index contributed by atoms with van der Waals surface area (Å²) in [6.45, 7) is 11.2. The summed E-state index contributed by atoms with van der Waals surface area (Å²) in [6, 6.07) is 8.40. The van der Waals surface area contributed by atoms with E-state index >= 15 is 0 Å². The van der Waals surface area contributed by atoms with Crippen molar-refractivity contribution in [1.82, 2.24) is 14.7 Å². The second-order valence-corrected chi connectivity index (χ2v) is 8.64. The SMILES string of the molecule is CCC(=O)N1CCN(CCN2C(=O)[C@@H](CC)S[C@H]2c2ccccc2C)CC1. The minimum absolute atomic E-state index is 0.0635. The summed E-state index contributed by atoms with van der Waals surface area (Å²) >= 11 is 1.79.